The van der Waals surface area contributed by atoms with Crippen LogP contribution in [0, 0.1) is 5.95 Å². The molecule has 6 heteroatoms. The molecule has 0 aliphatic rings. The number of anilines is 1. The zero-order valence-corrected chi connectivity index (χ0v) is 12.0. The van der Waals surface area contributed by atoms with Crippen molar-refractivity contribution < 1.29 is 12.8 Å². The third-order valence-corrected chi connectivity index (χ3v) is 4.23. The molecule has 0 saturated carbocycles. The maximum atomic E-state index is 12.7. The molecular weight excluding hydrogens is 279 g/mol. The SMILES string of the molecule is CC(C)c1ccc(S(=O)(=O)Nc2ccc(F)nc2)cc1. The van der Waals surface area contributed by atoms with E-state index in [2.05, 4.69) is 9.71 Å². The monoisotopic (exact) mass is 294 g/mol. The number of sulfonamides is 1. The molecule has 0 fully saturated rings. The van der Waals surface area contributed by atoms with Crippen LogP contribution in [0.5, 0.6) is 0 Å². The number of hydrogen-bond acceptors (Lipinski definition) is 3. The van der Waals surface area contributed by atoms with E-state index in [-0.39, 0.29) is 10.6 Å². The van der Waals surface area contributed by atoms with E-state index in [1.54, 1.807) is 24.3 Å². The minimum atomic E-state index is -3.68. The second-order valence-corrected chi connectivity index (χ2v) is 6.38. The molecule has 2 aromatic rings. The topological polar surface area (TPSA) is 59.1 Å². The van der Waals surface area contributed by atoms with Crippen LogP contribution in [0.25, 0.3) is 0 Å². The molecule has 0 amide bonds. The average Bonchev–Trinajstić information content (AvgIpc) is 2.41. The van der Waals surface area contributed by atoms with Gasteiger partial charge in [-0.25, -0.2) is 13.4 Å². The Morgan fingerprint density at radius 3 is 2.25 bits per heavy atom. The summed E-state index contributed by atoms with van der Waals surface area (Å²) in [4.78, 5) is 3.56. The van der Waals surface area contributed by atoms with Gasteiger partial charge in [0.15, 0.2) is 0 Å². The Morgan fingerprint density at radius 1 is 1.10 bits per heavy atom. The van der Waals surface area contributed by atoms with Crippen molar-refractivity contribution in [2.24, 2.45) is 0 Å². The summed E-state index contributed by atoms with van der Waals surface area (Å²) in [6.07, 6.45) is 1.13. The fraction of sp³-hybridized carbons (Fsp3) is 0.214. The highest BCUT2D eigenvalue weighted by Gasteiger charge is 2.14. The van der Waals surface area contributed by atoms with Crippen LogP contribution in [0.3, 0.4) is 0 Å². The van der Waals surface area contributed by atoms with Crippen LogP contribution in [0.15, 0.2) is 47.5 Å². The molecule has 0 aliphatic heterocycles. The van der Waals surface area contributed by atoms with E-state index in [0.29, 0.717) is 5.92 Å². The summed E-state index contributed by atoms with van der Waals surface area (Å²) >= 11 is 0. The summed E-state index contributed by atoms with van der Waals surface area (Å²) in [5, 5.41) is 0. The highest BCUT2D eigenvalue weighted by atomic mass is 32.2. The van der Waals surface area contributed by atoms with Crippen molar-refractivity contribution in [3.63, 3.8) is 0 Å². The van der Waals surface area contributed by atoms with E-state index < -0.39 is 16.0 Å². The molecule has 1 N–H and O–H groups in total. The van der Waals surface area contributed by atoms with Gasteiger partial charge in [-0.1, -0.05) is 26.0 Å². The largest absolute Gasteiger partial charge is 0.278 e. The maximum Gasteiger partial charge on any atom is 0.261 e. The fourth-order valence-corrected chi connectivity index (χ4v) is 2.73. The van der Waals surface area contributed by atoms with Gasteiger partial charge in [-0.2, -0.15) is 4.39 Å². The predicted octanol–water partition coefficient (Wildman–Crippen LogP) is 3.14. The van der Waals surface area contributed by atoms with Crippen LogP contribution in [-0.2, 0) is 10.0 Å². The van der Waals surface area contributed by atoms with Crippen molar-refractivity contribution in [2.45, 2.75) is 24.7 Å². The normalized spacial score (nSPS) is 11.6. The molecule has 0 spiro atoms. The number of nitrogens with one attached hydrogen (secondary N) is 1. The lowest BCUT2D eigenvalue weighted by Crippen LogP contribution is -2.13. The Hall–Kier alpha value is -1.95. The highest BCUT2D eigenvalue weighted by molar-refractivity contribution is 7.92. The molecule has 1 aromatic carbocycles. The second-order valence-electron chi connectivity index (χ2n) is 4.70. The molecule has 1 aromatic heterocycles. The van der Waals surface area contributed by atoms with Crippen molar-refractivity contribution in [3.8, 4) is 0 Å². The van der Waals surface area contributed by atoms with Crippen LogP contribution in [0.1, 0.15) is 25.3 Å². The first-order valence-electron chi connectivity index (χ1n) is 6.13. The minimum absolute atomic E-state index is 0.159. The summed E-state index contributed by atoms with van der Waals surface area (Å²) in [5.41, 5.74) is 1.28. The quantitative estimate of drug-likeness (QED) is 0.881. The van der Waals surface area contributed by atoms with E-state index >= 15 is 0 Å². The van der Waals surface area contributed by atoms with Crippen LogP contribution in [0.2, 0.25) is 0 Å². The van der Waals surface area contributed by atoms with Crippen molar-refractivity contribution in [1.82, 2.24) is 4.98 Å². The Balaban J connectivity index is 2.23. The fourth-order valence-electron chi connectivity index (χ4n) is 1.68. The van der Waals surface area contributed by atoms with Crippen molar-refractivity contribution in [2.75, 3.05) is 4.72 Å². The molecule has 0 radical (unpaired) electrons. The van der Waals surface area contributed by atoms with Crippen LogP contribution >= 0.6 is 0 Å². The summed E-state index contributed by atoms with van der Waals surface area (Å²) in [7, 11) is -3.68. The van der Waals surface area contributed by atoms with E-state index in [1.165, 1.54) is 6.07 Å². The molecule has 1 heterocycles. The first kappa shape index (κ1) is 14.5. The van der Waals surface area contributed by atoms with Crippen molar-refractivity contribution in [3.05, 3.63) is 54.1 Å². The Morgan fingerprint density at radius 2 is 1.75 bits per heavy atom. The number of rotatable bonds is 4. The molecule has 0 atom stereocenters. The molecule has 2 rings (SSSR count). The van der Waals surface area contributed by atoms with Gasteiger partial charge in [-0.05, 0) is 35.7 Å². The molecule has 0 aliphatic carbocycles. The second kappa shape index (κ2) is 5.58. The molecule has 0 bridgehead atoms. The summed E-state index contributed by atoms with van der Waals surface area (Å²) in [6, 6.07) is 9.08. The lowest BCUT2D eigenvalue weighted by Gasteiger charge is -2.09. The van der Waals surface area contributed by atoms with Crippen LogP contribution in [-0.4, -0.2) is 13.4 Å². The number of aromatic nitrogens is 1. The van der Waals surface area contributed by atoms with Gasteiger partial charge in [0.25, 0.3) is 10.0 Å². The van der Waals surface area contributed by atoms with Crippen molar-refractivity contribution >= 4 is 15.7 Å². The van der Waals surface area contributed by atoms with Gasteiger partial charge in [0.1, 0.15) is 0 Å². The van der Waals surface area contributed by atoms with Gasteiger partial charge in [-0.3, -0.25) is 4.72 Å². The van der Waals surface area contributed by atoms with Gasteiger partial charge >= 0.3 is 0 Å². The number of halogens is 1. The van der Waals surface area contributed by atoms with Crippen LogP contribution < -0.4 is 4.72 Å². The molecule has 106 valence electrons. The lowest BCUT2D eigenvalue weighted by atomic mass is 10.0. The minimum Gasteiger partial charge on any atom is -0.278 e. The number of benzene rings is 1. The van der Waals surface area contributed by atoms with Crippen molar-refractivity contribution in [1.29, 1.82) is 0 Å². The highest BCUT2D eigenvalue weighted by Crippen LogP contribution is 2.19. The van der Waals surface area contributed by atoms with E-state index in [0.717, 1.165) is 17.8 Å². The Labute approximate surface area is 117 Å². The predicted molar refractivity (Wildman–Crippen MR) is 75.5 cm³/mol. The molecule has 0 saturated heterocycles. The van der Waals surface area contributed by atoms with Gasteiger partial charge in [-0.15, -0.1) is 0 Å². The molecular formula is C14H15FN2O2S. The number of hydrogen-bond donors (Lipinski definition) is 1. The average molecular weight is 294 g/mol. The first-order chi connectivity index (χ1) is 9.38. The summed E-state index contributed by atoms with van der Waals surface area (Å²) < 4.78 is 39.3. The van der Waals surface area contributed by atoms with Gasteiger partial charge in [0.2, 0.25) is 5.95 Å². The van der Waals surface area contributed by atoms with E-state index in [9.17, 15) is 12.8 Å². The van der Waals surface area contributed by atoms with Gasteiger partial charge < -0.3 is 0 Å². The third kappa shape index (κ3) is 3.33. The van der Waals surface area contributed by atoms with E-state index in [1.807, 2.05) is 13.8 Å². The maximum absolute atomic E-state index is 12.7. The van der Waals surface area contributed by atoms with E-state index in [4.69, 9.17) is 0 Å². The molecule has 0 unspecified atom stereocenters. The zero-order valence-electron chi connectivity index (χ0n) is 11.2. The Bertz CT molecular complexity index is 680. The first-order valence-corrected chi connectivity index (χ1v) is 7.61. The molecule has 4 nitrogen and oxygen atoms in total. The third-order valence-electron chi connectivity index (χ3n) is 2.84. The molecule has 20 heavy (non-hydrogen) atoms. The van der Waals surface area contributed by atoms with Gasteiger partial charge in [0.05, 0.1) is 16.8 Å². The summed E-state index contributed by atoms with van der Waals surface area (Å²) in [5.74, 6) is -0.324. The standard InChI is InChI=1S/C14H15FN2O2S/c1-10(2)11-3-6-13(7-4-11)20(18,19)17-12-5-8-14(15)16-9-12/h3-10,17H,1-2H3. The van der Waals surface area contributed by atoms with Gasteiger partial charge in [0, 0.05) is 0 Å². The zero-order chi connectivity index (χ0) is 14.8. The van der Waals surface area contributed by atoms with Crippen LogP contribution in [0.4, 0.5) is 10.1 Å². The number of pyridine rings is 1. The number of nitrogens with zero attached hydrogens (tertiary/aromatic N) is 1. The Kier molecular flexibility index (Phi) is 4.04. The smallest absolute Gasteiger partial charge is 0.261 e. The lowest BCUT2D eigenvalue weighted by molar-refractivity contribution is 0.583. The summed E-state index contributed by atoms with van der Waals surface area (Å²) in [6.45, 7) is 4.07.